The molecule has 0 heterocycles. The van der Waals surface area contributed by atoms with Crippen molar-refractivity contribution < 1.29 is 9.59 Å². The molecule has 0 aromatic heterocycles. The zero-order valence-electron chi connectivity index (χ0n) is 7.39. The van der Waals surface area contributed by atoms with Gasteiger partial charge in [-0.2, -0.15) is 0 Å². The van der Waals surface area contributed by atoms with E-state index < -0.39 is 5.91 Å². The van der Waals surface area contributed by atoms with Crippen LogP contribution in [0.5, 0.6) is 0 Å². The van der Waals surface area contributed by atoms with E-state index in [0.29, 0.717) is 12.0 Å². The number of nitrogens with one attached hydrogen (secondary N) is 1. The van der Waals surface area contributed by atoms with Crippen molar-refractivity contribution in [1.29, 1.82) is 0 Å². The zero-order chi connectivity index (χ0) is 9.56. The number of hydrogen-bond donors (Lipinski definition) is 2. The van der Waals surface area contributed by atoms with Gasteiger partial charge in [-0.15, -0.1) is 0 Å². The van der Waals surface area contributed by atoms with Crippen LogP contribution in [0.4, 0.5) is 0 Å². The molecule has 0 unspecified atom stereocenters. The third-order valence-corrected chi connectivity index (χ3v) is 1.39. The molecule has 0 rings (SSSR count). The second-order valence-corrected chi connectivity index (χ2v) is 2.40. The summed E-state index contributed by atoms with van der Waals surface area (Å²) in [6.07, 6.45) is 2.58. The first-order valence-corrected chi connectivity index (χ1v) is 3.83. The second kappa shape index (κ2) is 5.35. The van der Waals surface area contributed by atoms with Crippen molar-refractivity contribution in [3.63, 3.8) is 0 Å². The van der Waals surface area contributed by atoms with Crippen LogP contribution >= 0.6 is 0 Å². The molecule has 2 amide bonds. The molecular formula is C8H14N2O2. The quantitative estimate of drug-likeness (QED) is 0.580. The normalized spacial score (nSPS) is 11.0. The minimum Gasteiger partial charge on any atom is -0.366 e. The maximum absolute atomic E-state index is 10.8. The summed E-state index contributed by atoms with van der Waals surface area (Å²) >= 11 is 0. The van der Waals surface area contributed by atoms with E-state index in [1.807, 2.05) is 6.92 Å². The number of rotatable bonds is 4. The van der Waals surface area contributed by atoms with E-state index in [0.717, 1.165) is 6.42 Å². The fourth-order valence-corrected chi connectivity index (χ4v) is 0.766. The van der Waals surface area contributed by atoms with Crippen LogP contribution in [0.2, 0.25) is 0 Å². The fraction of sp³-hybridized carbons (Fsp3) is 0.500. The molecule has 0 aliphatic carbocycles. The van der Waals surface area contributed by atoms with Gasteiger partial charge in [0.25, 0.3) is 0 Å². The molecule has 3 N–H and O–H groups in total. The molecule has 4 nitrogen and oxygen atoms in total. The molecule has 68 valence electrons. The predicted octanol–water partition coefficient (Wildman–Crippen LogP) is -0.0558. The molecular weight excluding hydrogens is 156 g/mol. The SMILES string of the molecule is CCC/C(=C/C(=O)NC)C(N)=O. The van der Waals surface area contributed by atoms with Gasteiger partial charge < -0.3 is 11.1 Å². The predicted molar refractivity (Wildman–Crippen MR) is 46.3 cm³/mol. The van der Waals surface area contributed by atoms with Crippen molar-refractivity contribution in [2.45, 2.75) is 19.8 Å². The Morgan fingerprint density at radius 3 is 2.42 bits per heavy atom. The Kier molecular flexibility index (Phi) is 4.76. The lowest BCUT2D eigenvalue weighted by Gasteiger charge is -1.99. The lowest BCUT2D eigenvalue weighted by atomic mass is 10.1. The Labute approximate surface area is 71.8 Å². The summed E-state index contributed by atoms with van der Waals surface area (Å²) in [5, 5.41) is 2.39. The summed E-state index contributed by atoms with van der Waals surface area (Å²) in [5.41, 5.74) is 5.41. The van der Waals surface area contributed by atoms with E-state index in [2.05, 4.69) is 5.32 Å². The fourth-order valence-electron chi connectivity index (χ4n) is 0.766. The van der Waals surface area contributed by atoms with Crippen LogP contribution in [0.1, 0.15) is 19.8 Å². The van der Waals surface area contributed by atoms with Crippen LogP contribution < -0.4 is 11.1 Å². The molecule has 0 bridgehead atoms. The standard InChI is InChI=1S/C8H14N2O2/c1-3-4-6(8(9)12)5-7(11)10-2/h5H,3-4H2,1-2H3,(H2,9,12)(H,10,11)/b6-5-. The van der Waals surface area contributed by atoms with Crippen molar-refractivity contribution in [2.24, 2.45) is 5.73 Å². The van der Waals surface area contributed by atoms with Gasteiger partial charge in [-0.1, -0.05) is 13.3 Å². The van der Waals surface area contributed by atoms with Crippen LogP contribution in [-0.4, -0.2) is 18.9 Å². The topological polar surface area (TPSA) is 72.2 Å². The Morgan fingerprint density at radius 2 is 2.08 bits per heavy atom. The van der Waals surface area contributed by atoms with E-state index in [-0.39, 0.29) is 5.91 Å². The largest absolute Gasteiger partial charge is 0.366 e. The molecule has 0 atom stereocenters. The highest BCUT2D eigenvalue weighted by Crippen LogP contribution is 2.02. The van der Waals surface area contributed by atoms with Crippen LogP contribution in [0, 0.1) is 0 Å². The number of hydrogen-bond acceptors (Lipinski definition) is 2. The first kappa shape index (κ1) is 10.7. The van der Waals surface area contributed by atoms with Gasteiger partial charge in [0.05, 0.1) is 0 Å². The molecule has 0 saturated carbocycles. The number of amides is 2. The molecule has 12 heavy (non-hydrogen) atoms. The summed E-state index contributed by atoms with van der Waals surface area (Å²) < 4.78 is 0. The highest BCUT2D eigenvalue weighted by Gasteiger charge is 2.05. The van der Waals surface area contributed by atoms with Crippen LogP contribution in [0.15, 0.2) is 11.6 Å². The van der Waals surface area contributed by atoms with E-state index in [1.54, 1.807) is 0 Å². The Morgan fingerprint density at radius 1 is 1.50 bits per heavy atom. The smallest absolute Gasteiger partial charge is 0.244 e. The van der Waals surface area contributed by atoms with Crippen molar-refractivity contribution in [2.75, 3.05) is 7.05 Å². The summed E-state index contributed by atoms with van der Waals surface area (Å²) in [6, 6.07) is 0. The van der Waals surface area contributed by atoms with Crippen LogP contribution in [0.25, 0.3) is 0 Å². The van der Waals surface area contributed by atoms with Crippen molar-refractivity contribution in [3.05, 3.63) is 11.6 Å². The van der Waals surface area contributed by atoms with Crippen molar-refractivity contribution in [1.82, 2.24) is 5.32 Å². The van der Waals surface area contributed by atoms with E-state index >= 15 is 0 Å². The molecule has 0 aromatic carbocycles. The third kappa shape index (κ3) is 3.75. The van der Waals surface area contributed by atoms with Gasteiger partial charge in [-0.25, -0.2) is 0 Å². The molecule has 0 aliphatic heterocycles. The van der Waals surface area contributed by atoms with Gasteiger partial charge in [0.1, 0.15) is 0 Å². The average Bonchev–Trinajstić information content (AvgIpc) is 2.03. The first-order chi connectivity index (χ1) is 5.61. The lowest BCUT2D eigenvalue weighted by Crippen LogP contribution is -2.20. The van der Waals surface area contributed by atoms with Crippen LogP contribution in [-0.2, 0) is 9.59 Å². The van der Waals surface area contributed by atoms with Gasteiger partial charge in [0, 0.05) is 18.7 Å². The highest BCUT2D eigenvalue weighted by atomic mass is 16.2. The molecule has 0 radical (unpaired) electrons. The molecule has 4 heteroatoms. The Balaban J connectivity index is 4.38. The summed E-state index contributed by atoms with van der Waals surface area (Å²) in [7, 11) is 1.50. The number of likely N-dealkylation sites (N-methyl/N-ethyl adjacent to an activating group) is 1. The van der Waals surface area contributed by atoms with E-state index in [4.69, 9.17) is 5.73 Å². The molecule has 0 aliphatic rings. The molecule has 0 spiro atoms. The average molecular weight is 170 g/mol. The number of carbonyl (C=O) groups excluding carboxylic acids is 2. The molecule has 0 fully saturated rings. The van der Waals surface area contributed by atoms with E-state index in [9.17, 15) is 9.59 Å². The number of carbonyl (C=O) groups is 2. The van der Waals surface area contributed by atoms with Crippen molar-refractivity contribution >= 4 is 11.8 Å². The third-order valence-electron chi connectivity index (χ3n) is 1.39. The van der Waals surface area contributed by atoms with Crippen molar-refractivity contribution in [3.8, 4) is 0 Å². The Hall–Kier alpha value is -1.32. The van der Waals surface area contributed by atoms with E-state index in [1.165, 1.54) is 13.1 Å². The lowest BCUT2D eigenvalue weighted by molar-refractivity contribution is -0.117. The highest BCUT2D eigenvalue weighted by molar-refractivity contribution is 6.00. The molecule has 0 aromatic rings. The Bertz CT molecular complexity index is 209. The minimum atomic E-state index is -0.527. The van der Waals surface area contributed by atoms with Gasteiger partial charge in [0.2, 0.25) is 11.8 Å². The zero-order valence-corrected chi connectivity index (χ0v) is 7.39. The summed E-state index contributed by atoms with van der Waals surface area (Å²) in [5.74, 6) is -0.822. The minimum absolute atomic E-state index is 0.294. The maximum Gasteiger partial charge on any atom is 0.244 e. The van der Waals surface area contributed by atoms with Crippen LogP contribution in [0.3, 0.4) is 0 Å². The monoisotopic (exact) mass is 170 g/mol. The summed E-state index contributed by atoms with van der Waals surface area (Å²) in [6.45, 7) is 1.92. The number of nitrogens with two attached hydrogens (primary N) is 1. The van der Waals surface area contributed by atoms with Gasteiger partial charge >= 0.3 is 0 Å². The number of primary amides is 1. The summed E-state index contributed by atoms with van der Waals surface area (Å²) in [4.78, 5) is 21.5. The van der Waals surface area contributed by atoms with Gasteiger partial charge in [0.15, 0.2) is 0 Å². The second-order valence-electron chi connectivity index (χ2n) is 2.40. The molecule has 0 saturated heterocycles. The first-order valence-electron chi connectivity index (χ1n) is 3.83. The van der Waals surface area contributed by atoms with Gasteiger partial charge in [-0.05, 0) is 6.42 Å². The maximum atomic E-state index is 10.8. The van der Waals surface area contributed by atoms with Gasteiger partial charge in [-0.3, -0.25) is 9.59 Å².